The van der Waals surface area contributed by atoms with Crippen molar-refractivity contribution >= 4 is 41.0 Å². The summed E-state index contributed by atoms with van der Waals surface area (Å²) < 4.78 is 10.4. The summed E-state index contributed by atoms with van der Waals surface area (Å²) in [6, 6.07) is 8.13. The smallest absolute Gasteiger partial charge is 0.333 e. The second kappa shape index (κ2) is 6.29. The topological polar surface area (TPSA) is 111 Å². The van der Waals surface area contributed by atoms with Crippen LogP contribution in [0.15, 0.2) is 42.1 Å². The molecular formula is C17H10ClN3O6. The molecule has 0 aromatic heterocycles. The van der Waals surface area contributed by atoms with E-state index in [9.17, 15) is 19.7 Å². The predicted octanol–water partition coefficient (Wildman–Crippen LogP) is 3.07. The Morgan fingerprint density at radius 3 is 2.63 bits per heavy atom. The second-order valence-corrected chi connectivity index (χ2v) is 6.07. The minimum absolute atomic E-state index is 0.0509. The summed E-state index contributed by atoms with van der Waals surface area (Å²) in [5, 5.41) is 14.1. The van der Waals surface area contributed by atoms with E-state index < -0.39 is 16.9 Å². The Balaban J connectivity index is 1.74. The van der Waals surface area contributed by atoms with Crippen molar-refractivity contribution in [3.63, 3.8) is 0 Å². The van der Waals surface area contributed by atoms with Gasteiger partial charge in [0, 0.05) is 5.02 Å². The summed E-state index contributed by atoms with van der Waals surface area (Å²) in [6.45, 7) is -0.0509. The molecule has 2 aromatic carbocycles. The van der Waals surface area contributed by atoms with E-state index in [1.807, 2.05) is 0 Å². The van der Waals surface area contributed by atoms with Crippen molar-refractivity contribution < 1.29 is 24.0 Å². The zero-order valence-corrected chi connectivity index (χ0v) is 14.2. The zero-order valence-electron chi connectivity index (χ0n) is 13.5. The lowest BCUT2D eigenvalue weighted by Crippen LogP contribution is -2.30. The van der Waals surface area contributed by atoms with Gasteiger partial charge < -0.3 is 14.8 Å². The van der Waals surface area contributed by atoms with E-state index in [2.05, 4.69) is 5.32 Å². The van der Waals surface area contributed by atoms with Crippen LogP contribution >= 0.6 is 11.6 Å². The summed E-state index contributed by atoms with van der Waals surface area (Å²) in [4.78, 5) is 36.5. The van der Waals surface area contributed by atoms with E-state index in [-0.39, 0.29) is 35.2 Å². The molecule has 3 amide bonds. The molecule has 2 aliphatic heterocycles. The molecule has 0 bridgehead atoms. The van der Waals surface area contributed by atoms with Crippen LogP contribution in [0.25, 0.3) is 6.08 Å². The van der Waals surface area contributed by atoms with Gasteiger partial charge in [-0.1, -0.05) is 17.7 Å². The van der Waals surface area contributed by atoms with Crippen LogP contribution in [0.3, 0.4) is 0 Å². The summed E-state index contributed by atoms with van der Waals surface area (Å²) in [7, 11) is 0. The molecule has 2 aliphatic rings. The van der Waals surface area contributed by atoms with Gasteiger partial charge in [0.2, 0.25) is 6.79 Å². The Morgan fingerprint density at radius 1 is 1.19 bits per heavy atom. The molecule has 2 aromatic rings. The molecule has 1 saturated heterocycles. The highest BCUT2D eigenvalue weighted by molar-refractivity contribution is 6.32. The monoisotopic (exact) mass is 387 g/mol. The lowest BCUT2D eigenvalue weighted by molar-refractivity contribution is -0.385. The first-order valence-corrected chi connectivity index (χ1v) is 8.02. The van der Waals surface area contributed by atoms with Crippen molar-refractivity contribution in [2.75, 3.05) is 11.7 Å². The molecule has 2 heterocycles. The number of hydrogen-bond acceptors (Lipinski definition) is 6. The normalized spacial score (nSPS) is 16.8. The molecule has 0 unspecified atom stereocenters. The minimum atomic E-state index is -0.683. The van der Waals surface area contributed by atoms with Gasteiger partial charge in [0.05, 0.1) is 22.2 Å². The average molecular weight is 388 g/mol. The first-order chi connectivity index (χ1) is 12.9. The van der Waals surface area contributed by atoms with Crippen LogP contribution in [-0.4, -0.2) is 23.7 Å². The van der Waals surface area contributed by atoms with E-state index >= 15 is 0 Å². The van der Waals surface area contributed by atoms with E-state index in [0.717, 1.165) is 4.90 Å². The number of halogens is 1. The Hall–Kier alpha value is -3.59. The number of hydrogen-bond donors (Lipinski definition) is 1. The number of rotatable bonds is 3. The number of nitrogens with one attached hydrogen (secondary N) is 1. The molecule has 0 spiro atoms. The highest BCUT2D eigenvalue weighted by atomic mass is 35.5. The van der Waals surface area contributed by atoms with Gasteiger partial charge in [-0.25, -0.2) is 9.69 Å². The maximum atomic E-state index is 12.7. The number of amides is 3. The molecular weight excluding hydrogens is 378 g/mol. The maximum absolute atomic E-state index is 12.7. The summed E-state index contributed by atoms with van der Waals surface area (Å²) in [5.74, 6) is -0.101. The first-order valence-electron chi connectivity index (χ1n) is 7.65. The Bertz CT molecular complexity index is 1040. The van der Waals surface area contributed by atoms with Gasteiger partial charge in [0.1, 0.15) is 5.70 Å². The third-order valence-electron chi connectivity index (χ3n) is 3.96. The minimum Gasteiger partial charge on any atom is -0.454 e. The fourth-order valence-corrected chi connectivity index (χ4v) is 2.95. The van der Waals surface area contributed by atoms with Crippen molar-refractivity contribution in [1.82, 2.24) is 5.32 Å². The summed E-state index contributed by atoms with van der Waals surface area (Å²) >= 11 is 5.91. The van der Waals surface area contributed by atoms with Gasteiger partial charge in [-0.3, -0.25) is 14.9 Å². The van der Waals surface area contributed by atoms with E-state index in [1.165, 1.54) is 24.3 Å². The van der Waals surface area contributed by atoms with Crippen LogP contribution in [0, 0.1) is 10.1 Å². The third-order valence-corrected chi connectivity index (χ3v) is 4.20. The summed E-state index contributed by atoms with van der Waals surface area (Å²) in [5.41, 5.74) is -0.00799. The number of nitro benzene ring substituents is 1. The molecule has 1 N–H and O–H groups in total. The molecule has 4 rings (SSSR count). The number of urea groups is 1. The van der Waals surface area contributed by atoms with Gasteiger partial charge >= 0.3 is 6.03 Å². The van der Waals surface area contributed by atoms with Crippen molar-refractivity contribution in [2.24, 2.45) is 0 Å². The Kier molecular flexibility index (Phi) is 3.93. The summed E-state index contributed by atoms with van der Waals surface area (Å²) in [6.07, 6.45) is 1.23. The van der Waals surface area contributed by atoms with Crippen molar-refractivity contribution in [3.8, 4) is 11.5 Å². The fourth-order valence-electron chi connectivity index (χ4n) is 2.76. The van der Waals surface area contributed by atoms with Gasteiger partial charge in [-0.05, 0) is 30.3 Å². The van der Waals surface area contributed by atoms with Gasteiger partial charge in [-0.2, -0.15) is 0 Å². The van der Waals surface area contributed by atoms with Crippen LogP contribution in [-0.2, 0) is 4.79 Å². The first kappa shape index (κ1) is 16.9. The molecule has 0 saturated carbocycles. The van der Waals surface area contributed by atoms with Crippen LogP contribution < -0.4 is 19.7 Å². The van der Waals surface area contributed by atoms with Crippen molar-refractivity contribution in [3.05, 3.63) is 62.8 Å². The highest BCUT2D eigenvalue weighted by Crippen LogP contribution is 2.39. The molecule has 0 radical (unpaired) electrons. The van der Waals surface area contributed by atoms with Crippen molar-refractivity contribution in [2.45, 2.75) is 0 Å². The molecule has 10 heteroatoms. The van der Waals surface area contributed by atoms with Gasteiger partial charge in [-0.15, -0.1) is 0 Å². The molecule has 1 fully saturated rings. The molecule has 27 heavy (non-hydrogen) atoms. The average Bonchev–Trinajstić information content (AvgIpc) is 3.18. The predicted molar refractivity (Wildman–Crippen MR) is 94.7 cm³/mol. The van der Waals surface area contributed by atoms with E-state index in [0.29, 0.717) is 10.8 Å². The number of anilines is 1. The second-order valence-electron chi connectivity index (χ2n) is 5.63. The molecule has 136 valence electrons. The van der Waals surface area contributed by atoms with Gasteiger partial charge in [0.15, 0.2) is 11.5 Å². The molecule has 0 aliphatic carbocycles. The SMILES string of the molecule is O=C1N/C(=C\c2cc3c(cc2[N+](=O)[O-])OCO3)C(=O)N1c1cccc(Cl)c1. The number of carbonyl (C=O) groups excluding carboxylic acids is 2. The number of benzene rings is 2. The molecule has 0 atom stereocenters. The van der Waals surface area contributed by atoms with Crippen LogP contribution in [0.4, 0.5) is 16.2 Å². The fraction of sp³-hybridized carbons (Fsp3) is 0.0588. The number of nitrogens with zero attached hydrogens (tertiary/aromatic N) is 2. The van der Waals surface area contributed by atoms with Crippen LogP contribution in [0.1, 0.15) is 5.56 Å². The number of ether oxygens (including phenoxy) is 2. The Labute approximate surface area is 156 Å². The van der Waals surface area contributed by atoms with Crippen LogP contribution in [0.5, 0.6) is 11.5 Å². The number of nitro groups is 1. The zero-order chi connectivity index (χ0) is 19.1. The number of imide groups is 1. The lowest BCUT2D eigenvalue weighted by atomic mass is 10.1. The molecule has 9 nitrogen and oxygen atoms in total. The van der Waals surface area contributed by atoms with E-state index in [4.69, 9.17) is 21.1 Å². The largest absolute Gasteiger partial charge is 0.454 e. The highest BCUT2D eigenvalue weighted by Gasteiger charge is 2.35. The van der Waals surface area contributed by atoms with Crippen LogP contribution in [0.2, 0.25) is 5.02 Å². The number of carbonyl (C=O) groups is 2. The van der Waals surface area contributed by atoms with E-state index in [1.54, 1.807) is 18.2 Å². The number of fused-ring (bicyclic) bond motifs is 1. The standard InChI is InChI=1S/C17H10ClN3O6/c18-10-2-1-3-11(6-10)20-16(22)12(19-17(20)23)4-9-5-14-15(27-8-26-14)7-13(9)21(24)25/h1-7H,8H2,(H,19,23)/b12-4-. The van der Waals surface area contributed by atoms with Crippen molar-refractivity contribution in [1.29, 1.82) is 0 Å². The quantitative estimate of drug-likeness (QED) is 0.375. The lowest BCUT2D eigenvalue weighted by Gasteiger charge is -2.11. The Morgan fingerprint density at radius 2 is 1.93 bits per heavy atom. The van der Waals surface area contributed by atoms with Gasteiger partial charge in [0.25, 0.3) is 11.6 Å². The third kappa shape index (κ3) is 2.93. The maximum Gasteiger partial charge on any atom is 0.333 e.